The molecule has 0 aliphatic heterocycles. The quantitative estimate of drug-likeness (QED) is 0.870. The SMILES string of the molecule is CCNC(C)CC(C)S(=O)(=O)c1cccc(Br)c1. The van der Waals surface area contributed by atoms with Gasteiger partial charge in [-0.3, -0.25) is 0 Å². The van der Waals surface area contributed by atoms with E-state index < -0.39 is 9.84 Å². The number of sulfone groups is 1. The summed E-state index contributed by atoms with van der Waals surface area (Å²) in [6.45, 7) is 6.65. The third-order valence-electron chi connectivity index (χ3n) is 2.89. The summed E-state index contributed by atoms with van der Waals surface area (Å²) in [5, 5.41) is 2.85. The van der Waals surface area contributed by atoms with Crippen LogP contribution in [0.25, 0.3) is 0 Å². The van der Waals surface area contributed by atoms with E-state index in [2.05, 4.69) is 21.2 Å². The Morgan fingerprint density at radius 2 is 2.00 bits per heavy atom. The van der Waals surface area contributed by atoms with Gasteiger partial charge in [-0.25, -0.2) is 8.42 Å². The lowest BCUT2D eigenvalue weighted by Crippen LogP contribution is -2.32. The van der Waals surface area contributed by atoms with Gasteiger partial charge in [0.2, 0.25) is 0 Å². The summed E-state index contributed by atoms with van der Waals surface area (Å²) in [5.74, 6) is 0. The molecular weight excluding hydrogens is 314 g/mol. The Bertz CT molecular complexity index is 488. The molecule has 0 bridgehead atoms. The van der Waals surface area contributed by atoms with Gasteiger partial charge in [-0.05, 0) is 45.0 Å². The van der Waals surface area contributed by atoms with E-state index in [4.69, 9.17) is 0 Å². The molecule has 1 N–H and O–H groups in total. The molecule has 18 heavy (non-hydrogen) atoms. The molecule has 1 aromatic rings. The standard InChI is InChI=1S/C13H20BrNO2S/c1-4-15-10(2)8-11(3)18(16,17)13-7-5-6-12(14)9-13/h5-7,9-11,15H,4,8H2,1-3H3. The summed E-state index contributed by atoms with van der Waals surface area (Å²) < 4.78 is 25.5. The van der Waals surface area contributed by atoms with E-state index in [1.807, 2.05) is 19.9 Å². The average Bonchev–Trinajstić information content (AvgIpc) is 2.29. The van der Waals surface area contributed by atoms with Crippen LogP contribution in [-0.4, -0.2) is 26.3 Å². The number of hydrogen-bond acceptors (Lipinski definition) is 3. The van der Waals surface area contributed by atoms with Gasteiger partial charge < -0.3 is 5.32 Å². The molecule has 0 aromatic heterocycles. The fraction of sp³-hybridized carbons (Fsp3) is 0.538. The van der Waals surface area contributed by atoms with Gasteiger partial charge in [0.05, 0.1) is 10.1 Å². The van der Waals surface area contributed by atoms with Crippen LogP contribution in [-0.2, 0) is 9.84 Å². The van der Waals surface area contributed by atoms with E-state index in [0.29, 0.717) is 11.3 Å². The first-order valence-corrected chi connectivity index (χ1v) is 8.44. The topological polar surface area (TPSA) is 46.2 Å². The second-order valence-corrected chi connectivity index (χ2v) is 7.79. The second kappa shape index (κ2) is 6.68. The Morgan fingerprint density at radius 3 is 2.56 bits per heavy atom. The summed E-state index contributed by atoms with van der Waals surface area (Å²) in [6, 6.07) is 7.08. The van der Waals surface area contributed by atoms with Crippen LogP contribution in [0.2, 0.25) is 0 Å². The zero-order valence-electron chi connectivity index (χ0n) is 11.0. The van der Waals surface area contributed by atoms with Gasteiger partial charge in [0, 0.05) is 10.5 Å². The predicted octanol–water partition coefficient (Wildman–Crippen LogP) is 3.00. The van der Waals surface area contributed by atoms with Crippen LogP contribution in [0.4, 0.5) is 0 Å². The minimum Gasteiger partial charge on any atom is -0.314 e. The van der Waals surface area contributed by atoms with E-state index in [0.717, 1.165) is 11.0 Å². The average molecular weight is 334 g/mol. The van der Waals surface area contributed by atoms with Crippen molar-refractivity contribution < 1.29 is 8.42 Å². The Hall–Kier alpha value is -0.390. The van der Waals surface area contributed by atoms with E-state index in [-0.39, 0.29) is 11.3 Å². The maximum Gasteiger partial charge on any atom is 0.181 e. The number of halogens is 1. The van der Waals surface area contributed by atoms with Crippen molar-refractivity contribution in [2.45, 2.75) is 43.4 Å². The lowest BCUT2D eigenvalue weighted by molar-refractivity contribution is 0.509. The van der Waals surface area contributed by atoms with Crippen molar-refractivity contribution in [1.82, 2.24) is 5.32 Å². The van der Waals surface area contributed by atoms with Gasteiger partial charge in [-0.15, -0.1) is 0 Å². The monoisotopic (exact) mass is 333 g/mol. The molecule has 0 aliphatic rings. The van der Waals surface area contributed by atoms with Crippen molar-refractivity contribution in [3.05, 3.63) is 28.7 Å². The molecule has 0 fully saturated rings. The maximum atomic E-state index is 12.4. The molecule has 2 atom stereocenters. The van der Waals surface area contributed by atoms with Crippen LogP contribution in [0.1, 0.15) is 27.2 Å². The van der Waals surface area contributed by atoms with Crippen LogP contribution < -0.4 is 5.32 Å². The molecule has 1 aromatic carbocycles. The largest absolute Gasteiger partial charge is 0.314 e. The van der Waals surface area contributed by atoms with Gasteiger partial charge in [0.15, 0.2) is 9.84 Å². The first-order chi connectivity index (χ1) is 8.37. The molecule has 0 amide bonds. The smallest absolute Gasteiger partial charge is 0.181 e. The molecule has 0 spiro atoms. The Morgan fingerprint density at radius 1 is 1.33 bits per heavy atom. The predicted molar refractivity (Wildman–Crippen MR) is 78.5 cm³/mol. The summed E-state index contributed by atoms with van der Waals surface area (Å²) in [4.78, 5) is 0.382. The first-order valence-electron chi connectivity index (χ1n) is 6.10. The lowest BCUT2D eigenvalue weighted by atomic mass is 10.2. The van der Waals surface area contributed by atoms with Crippen LogP contribution in [0, 0.1) is 0 Å². The number of hydrogen-bond donors (Lipinski definition) is 1. The highest BCUT2D eigenvalue weighted by atomic mass is 79.9. The lowest BCUT2D eigenvalue weighted by Gasteiger charge is -2.18. The minimum atomic E-state index is -3.24. The molecule has 2 unspecified atom stereocenters. The van der Waals surface area contributed by atoms with Crippen molar-refractivity contribution in [3.8, 4) is 0 Å². The van der Waals surface area contributed by atoms with Crippen LogP contribution in [0.3, 0.4) is 0 Å². The highest BCUT2D eigenvalue weighted by Crippen LogP contribution is 2.22. The van der Waals surface area contributed by atoms with Gasteiger partial charge >= 0.3 is 0 Å². The molecule has 0 saturated carbocycles. The summed E-state index contributed by atoms with van der Waals surface area (Å²) in [5.41, 5.74) is 0. The van der Waals surface area contributed by atoms with Crippen LogP contribution in [0.15, 0.2) is 33.6 Å². The summed E-state index contributed by atoms with van der Waals surface area (Å²) in [6.07, 6.45) is 0.614. The molecule has 0 heterocycles. The first kappa shape index (κ1) is 15.7. The molecule has 3 nitrogen and oxygen atoms in total. The minimum absolute atomic E-state index is 0.201. The van der Waals surface area contributed by atoms with Gasteiger partial charge in [-0.1, -0.05) is 28.9 Å². The second-order valence-electron chi connectivity index (χ2n) is 4.51. The van der Waals surface area contributed by atoms with E-state index >= 15 is 0 Å². The van der Waals surface area contributed by atoms with Crippen molar-refractivity contribution in [3.63, 3.8) is 0 Å². The van der Waals surface area contributed by atoms with Crippen LogP contribution >= 0.6 is 15.9 Å². The van der Waals surface area contributed by atoms with Crippen molar-refractivity contribution in [2.75, 3.05) is 6.54 Å². The van der Waals surface area contributed by atoms with Gasteiger partial charge in [0.1, 0.15) is 0 Å². The van der Waals surface area contributed by atoms with Gasteiger partial charge in [-0.2, -0.15) is 0 Å². The Labute approximate surface area is 118 Å². The molecule has 0 radical (unpaired) electrons. The highest BCUT2D eigenvalue weighted by molar-refractivity contribution is 9.10. The number of rotatable bonds is 6. The zero-order valence-corrected chi connectivity index (χ0v) is 13.4. The summed E-state index contributed by atoms with van der Waals surface area (Å²) >= 11 is 3.30. The maximum absolute atomic E-state index is 12.4. The normalized spacial score (nSPS) is 15.3. The fourth-order valence-electron chi connectivity index (χ4n) is 1.93. The molecule has 1 rings (SSSR count). The number of benzene rings is 1. The zero-order chi connectivity index (χ0) is 13.8. The fourth-order valence-corrected chi connectivity index (χ4v) is 4.05. The molecule has 0 aliphatic carbocycles. The van der Waals surface area contributed by atoms with E-state index in [9.17, 15) is 8.42 Å². The van der Waals surface area contributed by atoms with Gasteiger partial charge in [0.25, 0.3) is 0 Å². The molecule has 0 saturated heterocycles. The summed E-state index contributed by atoms with van der Waals surface area (Å²) in [7, 11) is -3.24. The third-order valence-corrected chi connectivity index (χ3v) is 5.55. The number of nitrogens with one attached hydrogen (secondary N) is 1. The molecular formula is C13H20BrNO2S. The third kappa shape index (κ3) is 4.07. The van der Waals surface area contributed by atoms with E-state index in [1.54, 1.807) is 25.1 Å². The molecule has 102 valence electrons. The van der Waals surface area contributed by atoms with Crippen molar-refractivity contribution >= 4 is 25.8 Å². The van der Waals surface area contributed by atoms with E-state index in [1.165, 1.54) is 0 Å². The van der Waals surface area contributed by atoms with Crippen molar-refractivity contribution in [2.24, 2.45) is 0 Å². The Balaban J connectivity index is 2.86. The highest BCUT2D eigenvalue weighted by Gasteiger charge is 2.24. The van der Waals surface area contributed by atoms with Crippen molar-refractivity contribution in [1.29, 1.82) is 0 Å². The molecule has 5 heteroatoms. The van der Waals surface area contributed by atoms with Crippen LogP contribution in [0.5, 0.6) is 0 Å². The Kier molecular flexibility index (Phi) is 5.82.